The van der Waals surface area contributed by atoms with Crippen LogP contribution < -0.4 is 5.32 Å². The number of aromatic nitrogens is 1. The highest BCUT2D eigenvalue weighted by atomic mass is 16.5. The molecule has 0 atom stereocenters. The molecule has 2 aromatic heterocycles. The summed E-state index contributed by atoms with van der Waals surface area (Å²) >= 11 is 0. The van der Waals surface area contributed by atoms with Crippen molar-refractivity contribution in [1.29, 1.82) is 0 Å². The standard InChI is InChI=1S/C21H31N3O4/c1-15-16(6-11-27-15)20(25)22-8-9-24(10-12-26-4)14-18-17-13-21(2,3)7-5-19(17)28-23-18/h6,11H,5,7-10,12-14H2,1-4H3,(H,22,25). The Balaban J connectivity index is 1.59. The molecular formula is C21H31N3O4. The van der Waals surface area contributed by atoms with Crippen LogP contribution in [-0.2, 0) is 24.1 Å². The van der Waals surface area contributed by atoms with Gasteiger partial charge in [-0.05, 0) is 31.2 Å². The molecule has 2 aromatic rings. The van der Waals surface area contributed by atoms with Crippen LogP contribution in [0.3, 0.4) is 0 Å². The van der Waals surface area contributed by atoms with Crippen LogP contribution in [0.15, 0.2) is 21.3 Å². The maximum Gasteiger partial charge on any atom is 0.254 e. The van der Waals surface area contributed by atoms with Crippen molar-refractivity contribution < 1.29 is 18.5 Å². The number of hydrogen-bond acceptors (Lipinski definition) is 6. The minimum atomic E-state index is -0.112. The Labute approximate surface area is 166 Å². The second-order valence-corrected chi connectivity index (χ2v) is 8.29. The molecule has 28 heavy (non-hydrogen) atoms. The van der Waals surface area contributed by atoms with Crippen LogP contribution in [-0.4, -0.2) is 49.3 Å². The molecule has 0 radical (unpaired) electrons. The molecular weight excluding hydrogens is 358 g/mol. The zero-order chi connectivity index (χ0) is 20.1. The molecule has 0 saturated carbocycles. The number of furan rings is 1. The zero-order valence-corrected chi connectivity index (χ0v) is 17.3. The number of rotatable bonds is 9. The summed E-state index contributed by atoms with van der Waals surface area (Å²) < 4.78 is 16.1. The van der Waals surface area contributed by atoms with Crippen molar-refractivity contribution in [3.8, 4) is 0 Å². The van der Waals surface area contributed by atoms with Crippen LogP contribution in [0.4, 0.5) is 0 Å². The van der Waals surface area contributed by atoms with Crippen molar-refractivity contribution in [2.24, 2.45) is 5.41 Å². The molecule has 1 N–H and O–H groups in total. The molecule has 0 unspecified atom stereocenters. The summed E-state index contributed by atoms with van der Waals surface area (Å²) in [7, 11) is 1.70. The molecule has 1 aliphatic carbocycles. The number of nitrogens with zero attached hydrogens (tertiary/aromatic N) is 2. The van der Waals surface area contributed by atoms with Crippen LogP contribution in [0.5, 0.6) is 0 Å². The van der Waals surface area contributed by atoms with Gasteiger partial charge in [-0.2, -0.15) is 0 Å². The van der Waals surface area contributed by atoms with E-state index in [0.717, 1.165) is 37.3 Å². The molecule has 0 aliphatic heterocycles. The molecule has 1 amide bonds. The Morgan fingerprint density at radius 2 is 2.21 bits per heavy atom. The Kier molecular flexibility index (Phi) is 6.57. The van der Waals surface area contributed by atoms with E-state index in [1.807, 2.05) is 0 Å². The minimum Gasteiger partial charge on any atom is -0.469 e. The van der Waals surface area contributed by atoms with E-state index >= 15 is 0 Å². The molecule has 0 saturated heterocycles. The van der Waals surface area contributed by atoms with Crippen molar-refractivity contribution in [2.45, 2.75) is 46.6 Å². The summed E-state index contributed by atoms with van der Waals surface area (Å²) in [4.78, 5) is 14.5. The second kappa shape index (κ2) is 8.92. The first-order valence-corrected chi connectivity index (χ1v) is 9.89. The van der Waals surface area contributed by atoms with Crippen LogP contribution in [0.25, 0.3) is 0 Å². The quantitative estimate of drug-likeness (QED) is 0.710. The lowest BCUT2D eigenvalue weighted by Gasteiger charge is -2.29. The summed E-state index contributed by atoms with van der Waals surface area (Å²) in [5.41, 5.74) is 3.13. The highest BCUT2D eigenvalue weighted by Gasteiger charge is 2.31. The fraction of sp³-hybridized carbons (Fsp3) is 0.619. The maximum atomic E-state index is 12.3. The van der Waals surface area contributed by atoms with Crippen LogP contribution >= 0.6 is 0 Å². The third-order valence-electron chi connectivity index (χ3n) is 5.44. The Morgan fingerprint density at radius 3 is 2.93 bits per heavy atom. The van der Waals surface area contributed by atoms with Gasteiger partial charge in [-0.25, -0.2) is 0 Å². The number of hydrogen-bond donors (Lipinski definition) is 1. The Bertz CT molecular complexity index is 793. The van der Waals surface area contributed by atoms with Crippen molar-refractivity contribution in [3.05, 3.63) is 40.7 Å². The number of methoxy groups -OCH3 is 1. The number of aryl methyl sites for hydroxylation is 2. The fourth-order valence-electron chi connectivity index (χ4n) is 3.67. The van der Waals surface area contributed by atoms with Crippen molar-refractivity contribution in [3.63, 3.8) is 0 Å². The van der Waals surface area contributed by atoms with Crippen LogP contribution in [0, 0.1) is 12.3 Å². The average Bonchev–Trinajstić information content (AvgIpc) is 3.24. The molecule has 7 heteroatoms. The van der Waals surface area contributed by atoms with E-state index in [-0.39, 0.29) is 11.3 Å². The lowest BCUT2D eigenvalue weighted by Crippen LogP contribution is -2.36. The number of ether oxygens (including phenoxy) is 1. The molecule has 154 valence electrons. The lowest BCUT2D eigenvalue weighted by molar-refractivity contribution is 0.0941. The van der Waals surface area contributed by atoms with Gasteiger partial charge in [-0.3, -0.25) is 9.69 Å². The summed E-state index contributed by atoms with van der Waals surface area (Å²) in [5.74, 6) is 1.55. The summed E-state index contributed by atoms with van der Waals surface area (Å²) in [6.45, 7) is 9.71. The summed E-state index contributed by atoms with van der Waals surface area (Å²) in [6, 6.07) is 1.69. The van der Waals surface area contributed by atoms with Gasteiger partial charge in [0.2, 0.25) is 0 Å². The first-order chi connectivity index (χ1) is 13.4. The van der Waals surface area contributed by atoms with E-state index in [9.17, 15) is 4.79 Å². The topological polar surface area (TPSA) is 80.7 Å². The predicted molar refractivity (Wildman–Crippen MR) is 105 cm³/mol. The lowest BCUT2D eigenvalue weighted by atomic mass is 9.76. The largest absolute Gasteiger partial charge is 0.469 e. The molecule has 0 aromatic carbocycles. The summed E-state index contributed by atoms with van der Waals surface area (Å²) in [6.07, 6.45) is 4.61. The summed E-state index contributed by atoms with van der Waals surface area (Å²) in [5, 5.41) is 7.31. The molecule has 2 heterocycles. The Morgan fingerprint density at radius 1 is 1.39 bits per heavy atom. The molecule has 0 bridgehead atoms. The third kappa shape index (κ3) is 5.02. The SMILES string of the molecule is COCCN(CCNC(=O)c1ccoc1C)Cc1noc2c1CC(C)(C)CC2. The van der Waals surface area contributed by atoms with Gasteiger partial charge in [0.15, 0.2) is 0 Å². The van der Waals surface area contributed by atoms with E-state index < -0.39 is 0 Å². The Hall–Kier alpha value is -2.12. The van der Waals surface area contributed by atoms with Crippen LogP contribution in [0.2, 0.25) is 0 Å². The normalized spacial score (nSPS) is 15.6. The van der Waals surface area contributed by atoms with E-state index in [2.05, 4.69) is 29.2 Å². The smallest absolute Gasteiger partial charge is 0.254 e. The molecule has 0 fully saturated rings. The minimum absolute atomic E-state index is 0.112. The van der Waals surface area contributed by atoms with E-state index in [1.54, 1.807) is 20.1 Å². The van der Waals surface area contributed by atoms with Gasteiger partial charge >= 0.3 is 0 Å². The van der Waals surface area contributed by atoms with E-state index in [4.69, 9.17) is 13.7 Å². The van der Waals surface area contributed by atoms with Crippen LogP contribution in [0.1, 0.15) is 53.4 Å². The molecule has 0 spiro atoms. The highest BCUT2D eigenvalue weighted by molar-refractivity contribution is 5.94. The number of nitrogens with one attached hydrogen (secondary N) is 1. The van der Waals surface area contributed by atoms with Crippen molar-refractivity contribution >= 4 is 5.91 Å². The first-order valence-electron chi connectivity index (χ1n) is 9.89. The van der Waals surface area contributed by atoms with E-state index in [1.165, 1.54) is 11.8 Å². The first kappa shape index (κ1) is 20.6. The van der Waals surface area contributed by atoms with Crippen molar-refractivity contribution in [2.75, 3.05) is 33.4 Å². The van der Waals surface area contributed by atoms with Gasteiger partial charge in [0.25, 0.3) is 5.91 Å². The maximum absolute atomic E-state index is 12.3. The van der Waals surface area contributed by atoms with Crippen molar-refractivity contribution in [1.82, 2.24) is 15.4 Å². The highest BCUT2D eigenvalue weighted by Crippen LogP contribution is 2.36. The molecule has 1 aliphatic rings. The van der Waals surface area contributed by atoms with Gasteiger partial charge in [0.1, 0.15) is 17.2 Å². The zero-order valence-electron chi connectivity index (χ0n) is 17.3. The van der Waals surface area contributed by atoms with Gasteiger partial charge in [-0.15, -0.1) is 0 Å². The van der Waals surface area contributed by atoms with Gasteiger partial charge in [0, 0.05) is 45.3 Å². The predicted octanol–water partition coefficient (Wildman–Crippen LogP) is 2.97. The fourth-order valence-corrected chi connectivity index (χ4v) is 3.67. The number of carbonyl (C=O) groups is 1. The number of fused-ring (bicyclic) bond motifs is 1. The van der Waals surface area contributed by atoms with Gasteiger partial charge in [-0.1, -0.05) is 19.0 Å². The number of amides is 1. The number of carbonyl (C=O) groups excluding carboxylic acids is 1. The molecule has 3 rings (SSSR count). The third-order valence-corrected chi connectivity index (χ3v) is 5.44. The second-order valence-electron chi connectivity index (χ2n) is 8.29. The average molecular weight is 389 g/mol. The van der Waals surface area contributed by atoms with E-state index in [0.29, 0.717) is 37.6 Å². The van der Waals surface area contributed by atoms with Gasteiger partial charge < -0.3 is 19.0 Å². The monoisotopic (exact) mass is 389 g/mol. The van der Waals surface area contributed by atoms with Gasteiger partial charge in [0.05, 0.1) is 18.4 Å². The molecule has 7 nitrogen and oxygen atoms in total.